The Morgan fingerprint density at radius 3 is 2.56 bits per heavy atom. The molecule has 0 aromatic heterocycles. The first-order valence-electron chi connectivity index (χ1n) is 10.5. The molecule has 0 spiro atoms. The third kappa shape index (κ3) is 4.23. The first-order chi connectivity index (χ1) is 13.1. The van der Waals surface area contributed by atoms with E-state index in [1.54, 1.807) is 0 Å². The quantitative estimate of drug-likeness (QED) is 0.831. The molecule has 3 aliphatic rings. The normalized spacial score (nSPS) is 21.6. The molecule has 2 fully saturated rings. The molecule has 2 aliphatic carbocycles. The minimum Gasteiger partial charge on any atom is -0.486 e. The number of ether oxygens (including phenoxy) is 2. The van der Waals surface area contributed by atoms with E-state index in [1.807, 2.05) is 6.07 Å². The van der Waals surface area contributed by atoms with Gasteiger partial charge >= 0.3 is 0 Å². The van der Waals surface area contributed by atoms with Crippen LogP contribution >= 0.6 is 0 Å². The van der Waals surface area contributed by atoms with Gasteiger partial charge in [0.05, 0.1) is 12.1 Å². The third-order valence-electron chi connectivity index (χ3n) is 6.39. The molecule has 0 saturated heterocycles. The molecule has 148 valence electrons. The SMILES string of the molecule is CN(CC(=O)NC1(c2ccc3c(c2)OCCO3)CCCC1)CC1CCCC1. The third-order valence-corrected chi connectivity index (χ3v) is 6.39. The number of amides is 1. The van der Waals surface area contributed by atoms with E-state index in [-0.39, 0.29) is 11.4 Å². The van der Waals surface area contributed by atoms with Gasteiger partial charge in [0.15, 0.2) is 11.5 Å². The zero-order chi connectivity index (χ0) is 18.7. The molecule has 1 amide bonds. The van der Waals surface area contributed by atoms with Gasteiger partial charge in [0.2, 0.25) is 5.91 Å². The van der Waals surface area contributed by atoms with Crippen molar-refractivity contribution >= 4 is 5.91 Å². The number of hydrogen-bond donors (Lipinski definition) is 1. The fraction of sp³-hybridized carbons (Fsp3) is 0.682. The Morgan fingerprint density at radius 2 is 1.81 bits per heavy atom. The van der Waals surface area contributed by atoms with Gasteiger partial charge in [-0.3, -0.25) is 9.69 Å². The number of nitrogens with one attached hydrogen (secondary N) is 1. The summed E-state index contributed by atoms with van der Waals surface area (Å²) in [4.78, 5) is 15.0. The Morgan fingerprint density at radius 1 is 1.11 bits per heavy atom. The Labute approximate surface area is 162 Å². The van der Waals surface area contributed by atoms with Gasteiger partial charge in [0, 0.05) is 6.54 Å². The minimum atomic E-state index is -0.263. The fourth-order valence-corrected chi connectivity index (χ4v) is 5.06. The van der Waals surface area contributed by atoms with Gasteiger partial charge in [-0.05, 0) is 56.3 Å². The predicted molar refractivity (Wildman–Crippen MR) is 105 cm³/mol. The first kappa shape index (κ1) is 18.6. The van der Waals surface area contributed by atoms with Crippen LogP contribution in [0.1, 0.15) is 56.9 Å². The van der Waals surface area contributed by atoms with Crippen LogP contribution in [0.4, 0.5) is 0 Å². The summed E-state index contributed by atoms with van der Waals surface area (Å²) in [5, 5.41) is 3.39. The number of carbonyl (C=O) groups excluding carboxylic acids is 1. The minimum absolute atomic E-state index is 0.132. The number of fused-ring (bicyclic) bond motifs is 1. The highest BCUT2D eigenvalue weighted by molar-refractivity contribution is 5.79. The molecule has 1 aromatic carbocycles. The van der Waals surface area contributed by atoms with Gasteiger partial charge < -0.3 is 14.8 Å². The van der Waals surface area contributed by atoms with Crippen molar-refractivity contribution in [3.05, 3.63) is 23.8 Å². The summed E-state index contributed by atoms with van der Waals surface area (Å²) in [6.45, 7) is 2.69. The van der Waals surface area contributed by atoms with E-state index < -0.39 is 0 Å². The molecule has 1 aliphatic heterocycles. The smallest absolute Gasteiger partial charge is 0.234 e. The van der Waals surface area contributed by atoms with Crippen molar-refractivity contribution < 1.29 is 14.3 Å². The summed E-state index contributed by atoms with van der Waals surface area (Å²) < 4.78 is 11.4. The Kier molecular flexibility index (Phi) is 5.58. The van der Waals surface area contributed by atoms with Crippen molar-refractivity contribution in [2.45, 2.75) is 56.9 Å². The highest BCUT2D eigenvalue weighted by atomic mass is 16.6. The van der Waals surface area contributed by atoms with E-state index in [0.717, 1.165) is 55.2 Å². The second kappa shape index (κ2) is 8.09. The van der Waals surface area contributed by atoms with Gasteiger partial charge in [0.1, 0.15) is 13.2 Å². The van der Waals surface area contributed by atoms with Crippen LogP contribution in [0.15, 0.2) is 18.2 Å². The van der Waals surface area contributed by atoms with Crippen molar-refractivity contribution in [1.82, 2.24) is 10.2 Å². The fourth-order valence-electron chi connectivity index (χ4n) is 5.06. The number of likely N-dealkylation sites (N-methyl/N-ethyl adjacent to an activating group) is 1. The molecule has 27 heavy (non-hydrogen) atoms. The summed E-state index contributed by atoms with van der Waals surface area (Å²) in [5.41, 5.74) is 0.886. The van der Waals surface area contributed by atoms with Crippen molar-refractivity contribution in [1.29, 1.82) is 0 Å². The zero-order valence-electron chi connectivity index (χ0n) is 16.5. The number of rotatable bonds is 6. The number of hydrogen-bond acceptors (Lipinski definition) is 4. The highest BCUT2D eigenvalue weighted by Gasteiger charge is 2.38. The van der Waals surface area contributed by atoms with Crippen LogP contribution in [-0.2, 0) is 10.3 Å². The van der Waals surface area contributed by atoms with Crippen LogP contribution in [0.25, 0.3) is 0 Å². The molecule has 5 heteroatoms. The van der Waals surface area contributed by atoms with Crippen LogP contribution in [-0.4, -0.2) is 44.2 Å². The molecule has 2 saturated carbocycles. The highest BCUT2D eigenvalue weighted by Crippen LogP contribution is 2.42. The largest absolute Gasteiger partial charge is 0.486 e. The average molecular weight is 373 g/mol. The molecule has 0 atom stereocenters. The van der Waals surface area contributed by atoms with Crippen LogP contribution in [0, 0.1) is 5.92 Å². The summed E-state index contributed by atoms with van der Waals surface area (Å²) in [7, 11) is 2.07. The van der Waals surface area contributed by atoms with Crippen LogP contribution < -0.4 is 14.8 Å². The van der Waals surface area contributed by atoms with E-state index in [0.29, 0.717) is 19.8 Å². The topological polar surface area (TPSA) is 50.8 Å². The van der Waals surface area contributed by atoms with E-state index >= 15 is 0 Å². The molecule has 0 radical (unpaired) electrons. The number of benzene rings is 1. The number of nitrogens with zero attached hydrogens (tertiary/aromatic N) is 1. The first-order valence-corrected chi connectivity index (χ1v) is 10.5. The van der Waals surface area contributed by atoms with Crippen molar-refractivity contribution in [2.75, 3.05) is 33.4 Å². The van der Waals surface area contributed by atoms with E-state index in [9.17, 15) is 4.79 Å². The van der Waals surface area contributed by atoms with Crippen molar-refractivity contribution in [2.24, 2.45) is 5.92 Å². The molecular formula is C22H32N2O3. The van der Waals surface area contributed by atoms with E-state index in [2.05, 4.69) is 29.4 Å². The number of carbonyl (C=O) groups is 1. The summed E-state index contributed by atoms with van der Waals surface area (Å²) in [6, 6.07) is 6.16. The molecule has 0 bridgehead atoms. The summed E-state index contributed by atoms with van der Waals surface area (Å²) in [6.07, 6.45) is 9.59. The van der Waals surface area contributed by atoms with E-state index in [4.69, 9.17) is 9.47 Å². The Hall–Kier alpha value is -1.75. The maximum absolute atomic E-state index is 12.8. The lowest BCUT2D eigenvalue weighted by Gasteiger charge is -2.33. The van der Waals surface area contributed by atoms with Crippen LogP contribution in [0.5, 0.6) is 11.5 Å². The van der Waals surface area contributed by atoms with E-state index in [1.165, 1.54) is 25.7 Å². The average Bonchev–Trinajstić information content (AvgIpc) is 3.34. The zero-order valence-corrected chi connectivity index (χ0v) is 16.5. The van der Waals surface area contributed by atoms with Crippen LogP contribution in [0.2, 0.25) is 0 Å². The van der Waals surface area contributed by atoms with Gasteiger partial charge in [-0.25, -0.2) is 0 Å². The molecular weight excluding hydrogens is 340 g/mol. The lowest BCUT2D eigenvalue weighted by Crippen LogP contribution is -2.47. The summed E-state index contributed by atoms with van der Waals surface area (Å²) in [5.74, 6) is 2.51. The second-order valence-corrected chi connectivity index (χ2v) is 8.54. The lowest BCUT2D eigenvalue weighted by molar-refractivity contribution is -0.124. The molecule has 4 rings (SSSR count). The monoisotopic (exact) mass is 372 g/mol. The van der Waals surface area contributed by atoms with Gasteiger partial charge in [-0.2, -0.15) is 0 Å². The predicted octanol–water partition coefficient (Wildman–Crippen LogP) is 3.47. The standard InChI is InChI=1S/C22H32N2O3/c1-24(15-17-6-2-3-7-17)16-21(25)23-22(10-4-5-11-22)18-8-9-19-20(14-18)27-13-12-26-19/h8-9,14,17H,2-7,10-13,15-16H2,1H3,(H,23,25). The molecule has 0 unspecified atom stereocenters. The van der Waals surface area contributed by atoms with Crippen molar-refractivity contribution in [3.8, 4) is 11.5 Å². The molecule has 1 heterocycles. The molecule has 1 aromatic rings. The van der Waals surface area contributed by atoms with Crippen molar-refractivity contribution in [3.63, 3.8) is 0 Å². The maximum Gasteiger partial charge on any atom is 0.234 e. The summed E-state index contributed by atoms with van der Waals surface area (Å²) >= 11 is 0. The molecule has 5 nitrogen and oxygen atoms in total. The lowest BCUT2D eigenvalue weighted by atomic mass is 9.87. The Bertz CT molecular complexity index is 664. The van der Waals surface area contributed by atoms with Gasteiger partial charge in [-0.1, -0.05) is 31.7 Å². The maximum atomic E-state index is 12.8. The van der Waals surface area contributed by atoms with Gasteiger partial charge in [-0.15, -0.1) is 0 Å². The molecule has 1 N–H and O–H groups in total. The Balaban J connectivity index is 1.43. The van der Waals surface area contributed by atoms with Gasteiger partial charge in [0.25, 0.3) is 0 Å². The van der Waals surface area contributed by atoms with Crippen LogP contribution in [0.3, 0.4) is 0 Å². The second-order valence-electron chi connectivity index (χ2n) is 8.54.